The van der Waals surface area contributed by atoms with Crippen LogP contribution in [0.1, 0.15) is 62.0 Å². The number of carboxylic acids is 1. The Hall–Kier alpha value is -3.35. The molecule has 0 heterocycles. The molecule has 0 saturated heterocycles. The zero-order chi connectivity index (χ0) is 23.9. The minimum Gasteiger partial charge on any atom is -0.480 e. The smallest absolute Gasteiger partial charge is 0.407 e. The minimum atomic E-state index is -1.12. The third kappa shape index (κ3) is 5.58. The van der Waals surface area contributed by atoms with Crippen LogP contribution in [-0.4, -0.2) is 42.3 Å². The predicted octanol–water partition coefficient (Wildman–Crippen LogP) is 4.46. The van der Waals surface area contributed by atoms with E-state index in [-0.39, 0.29) is 30.8 Å². The van der Waals surface area contributed by atoms with Crippen molar-refractivity contribution in [3.05, 3.63) is 59.7 Å². The summed E-state index contributed by atoms with van der Waals surface area (Å²) in [7, 11) is 0. The maximum atomic E-state index is 12.4. The third-order valence-electron chi connectivity index (χ3n) is 6.88. The maximum absolute atomic E-state index is 12.4. The van der Waals surface area contributed by atoms with Crippen molar-refractivity contribution < 1.29 is 24.2 Å². The normalized spacial score (nSPS) is 16.2. The molecule has 2 amide bonds. The number of aliphatic carboxylic acids is 1. The lowest BCUT2D eigenvalue weighted by molar-refractivity contribution is -0.139. The van der Waals surface area contributed by atoms with E-state index in [0.717, 1.165) is 47.9 Å². The Bertz CT molecular complexity index is 986. The van der Waals surface area contributed by atoms with Gasteiger partial charge in [-0.1, -0.05) is 67.8 Å². The highest BCUT2D eigenvalue weighted by atomic mass is 16.5. The number of carbonyl (C=O) groups is 3. The highest BCUT2D eigenvalue weighted by Crippen LogP contribution is 2.44. The quantitative estimate of drug-likeness (QED) is 0.476. The molecule has 1 saturated carbocycles. The molecule has 2 aromatic rings. The first-order valence-electron chi connectivity index (χ1n) is 12.2. The monoisotopic (exact) mass is 464 g/mol. The summed E-state index contributed by atoms with van der Waals surface area (Å²) in [5, 5.41) is 14.9. The molecule has 0 bridgehead atoms. The summed E-state index contributed by atoms with van der Waals surface area (Å²) in [6.45, 7) is 0.523. The van der Waals surface area contributed by atoms with Gasteiger partial charge in [0, 0.05) is 18.4 Å². The van der Waals surface area contributed by atoms with Crippen LogP contribution in [0.15, 0.2) is 48.5 Å². The van der Waals surface area contributed by atoms with E-state index in [1.165, 1.54) is 6.42 Å². The lowest BCUT2D eigenvalue weighted by atomic mass is 9.88. The van der Waals surface area contributed by atoms with Crippen LogP contribution in [0.3, 0.4) is 0 Å². The molecule has 0 radical (unpaired) electrons. The molecule has 7 nitrogen and oxygen atoms in total. The summed E-state index contributed by atoms with van der Waals surface area (Å²) in [5.41, 5.74) is 4.46. The molecular weight excluding hydrogens is 432 g/mol. The summed E-state index contributed by atoms with van der Waals surface area (Å²) in [5.74, 6) is -1.08. The first-order valence-corrected chi connectivity index (χ1v) is 12.2. The van der Waals surface area contributed by atoms with Crippen molar-refractivity contribution in [1.29, 1.82) is 0 Å². The number of benzene rings is 2. The number of alkyl carbamates (subject to hydrolysis) is 1. The number of ether oxygens (including phenoxy) is 1. The molecule has 0 spiro atoms. The summed E-state index contributed by atoms with van der Waals surface area (Å²) in [4.78, 5) is 36.3. The van der Waals surface area contributed by atoms with Crippen LogP contribution in [0.5, 0.6) is 0 Å². The van der Waals surface area contributed by atoms with Gasteiger partial charge in [0.05, 0.1) is 0 Å². The van der Waals surface area contributed by atoms with Gasteiger partial charge in [-0.3, -0.25) is 4.79 Å². The summed E-state index contributed by atoms with van der Waals surface area (Å²) >= 11 is 0. The summed E-state index contributed by atoms with van der Waals surface area (Å²) in [6, 6.07) is 15.0. The number of hydrogen-bond donors (Lipinski definition) is 3. The van der Waals surface area contributed by atoms with Crippen molar-refractivity contribution in [2.24, 2.45) is 5.92 Å². The van der Waals surface area contributed by atoms with Gasteiger partial charge >= 0.3 is 12.1 Å². The summed E-state index contributed by atoms with van der Waals surface area (Å²) in [6.07, 6.45) is 5.13. The lowest BCUT2D eigenvalue weighted by Crippen LogP contribution is -2.42. The van der Waals surface area contributed by atoms with Crippen molar-refractivity contribution in [2.45, 2.75) is 56.9 Å². The molecule has 4 rings (SSSR count). The Labute approximate surface area is 199 Å². The molecule has 180 valence electrons. The molecule has 2 aromatic carbocycles. The largest absolute Gasteiger partial charge is 0.480 e. The van der Waals surface area contributed by atoms with Crippen LogP contribution in [0, 0.1) is 5.92 Å². The van der Waals surface area contributed by atoms with Crippen LogP contribution in [0.2, 0.25) is 0 Å². The van der Waals surface area contributed by atoms with Crippen molar-refractivity contribution >= 4 is 18.0 Å². The van der Waals surface area contributed by atoms with Gasteiger partial charge in [0.25, 0.3) is 0 Å². The third-order valence-corrected chi connectivity index (χ3v) is 6.88. The van der Waals surface area contributed by atoms with Crippen molar-refractivity contribution in [3.63, 3.8) is 0 Å². The van der Waals surface area contributed by atoms with Crippen molar-refractivity contribution in [2.75, 3.05) is 13.2 Å². The number of fused-ring (bicyclic) bond motifs is 3. The van der Waals surface area contributed by atoms with E-state index in [4.69, 9.17) is 4.74 Å². The average Bonchev–Trinajstić information content (AvgIpc) is 3.18. The van der Waals surface area contributed by atoms with Crippen LogP contribution in [-0.2, 0) is 14.3 Å². The first kappa shape index (κ1) is 23.8. The summed E-state index contributed by atoms with van der Waals surface area (Å²) < 4.78 is 5.46. The molecule has 34 heavy (non-hydrogen) atoms. The second-order valence-corrected chi connectivity index (χ2v) is 9.13. The number of rotatable bonds is 9. The lowest BCUT2D eigenvalue weighted by Gasteiger charge is -2.21. The Morgan fingerprint density at radius 1 is 0.941 bits per heavy atom. The fourth-order valence-electron chi connectivity index (χ4n) is 5.07. The number of carbonyl (C=O) groups excluding carboxylic acids is 2. The fourth-order valence-corrected chi connectivity index (χ4v) is 5.07. The van der Waals surface area contributed by atoms with Gasteiger partial charge in [-0.2, -0.15) is 0 Å². The van der Waals surface area contributed by atoms with Crippen LogP contribution < -0.4 is 10.6 Å². The Morgan fingerprint density at radius 2 is 1.56 bits per heavy atom. The minimum absolute atomic E-state index is 0.0519. The maximum Gasteiger partial charge on any atom is 0.407 e. The van der Waals surface area contributed by atoms with E-state index in [1.807, 2.05) is 36.4 Å². The van der Waals surface area contributed by atoms with Gasteiger partial charge in [0.2, 0.25) is 5.91 Å². The highest BCUT2D eigenvalue weighted by molar-refractivity contribution is 5.81. The Morgan fingerprint density at radius 3 is 2.18 bits per heavy atom. The zero-order valence-corrected chi connectivity index (χ0v) is 19.3. The molecule has 0 aromatic heterocycles. The van der Waals surface area contributed by atoms with Gasteiger partial charge in [0.15, 0.2) is 0 Å². The van der Waals surface area contributed by atoms with E-state index < -0.39 is 18.1 Å². The standard InChI is InChI=1S/C27H32N2O5/c30-25(18-9-2-1-3-10-18)28-16-8-15-24(26(31)32)29-27(33)34-17-23-21-13-6-4-11-19(21)20-12-5-7-14-22(20)23/h4-7,11-14,18,23-24H,1-3,8-10,15-17H2,(H,28,30)(H,29,33)(H,31,32)/t24-/m0/s1. The Balaban J connectivity index is 1.25. The molecule has 1 fully saturated rings. The van der Waals surface area contributed by atoms with Crippen molar-refractivity contribution in [3.8, 4) is 11.1 Å². The van der Waals surface area contributed by atoms with Gasteiger partial charge < -0.3 is 20.5 Å². The molecule has 2 aliphatic rings. The second kappa shape index (κ2) is 11.2. The molecule has 2 aliphatic carbocycles. The van der Waals surface area contributed by atoms with E-state index >= 15 is 0 Å². The first-order chi connectivity index (χ1) is 16.5. The van der Waals surface area contributed by atoms with E-state index in [0.29, 0.717) is 13.0 Å². The zero-order valence-electron chi connectivity index (χ0n) is 19.3. The van der Waals surface area contributed by atoms with E-state index in [1.54, 1.807) is 0 Å². The SMILES string of the molecule is O=C(N[C@@H](CCCNC(=O)C1CCCCC1)C(=O)O)OCC1c2ccccc2-c2ccccc21. The van der Waals surface area contributed by atoms with Gasteiger partial charge in [-0.15, -0.1) is 0 Å². The second-order valence-electron chi connectivity index (χ2n) is 9.13. The van der Waals surface area contributed by atoms with E-state index in [9.17, 15) is 19.5 Å². The average molecular weight is 465 g/mol. The number of hydrogen-bond acceptors (Lipinski definition) is 4. The van der Waals surface area contributed by atoms with Gasteiger partial charge in [-0.05, 0) is 47.9 Å². The molecular formula is C27H32N2O5. The molecule has 0 unspecified atom stereocenters. The van der Waals surface area contributed by atoms with Crippen LogP contribution in [0.25, 0.3) is 11.1 Å². The van der Waals surface area contributed by atoms with Crippen LogP contribution in [0.4, 0.5) is 4.79 Å². The highest BCUT2D eigenvalue weighted by Gasteiger charge is 2.29. The molecule has 3 N–H and O–H groups in total. The number of amides is 2. The Kier molecular flexibility index (Phi) is 7.83. The van der Waals surface area contributed by atoms with Gasteiger partial charge in [0.1, 0.15) is 12.6 Å². The molecule has 0 aliphatic heterocycles. The fraction of sp³-hybridized carbons (Fsp3) is 0.444. The number of nitrogens with one attached hydrogen (secondary N) is 2. The van der Waals surface area contributed by atoms with E-state index in [2.05, 4.69) is 22.8 Å². The predicted molar refractivity (Wildman–Crippen MR) is 128 cm³/mol. The molecule has 1 atom stereocenters. The number of carboxylic acid groups (broad SMARTS) is 1. The van der Waals surface area contributed by atoms with Gasteiger partial charge in [-0.25, -0.2) is 9.59 Å². The van der Waals surface area contributed by atoms with Crippen molar-refractivity contribution in [1.82, 2.24) is 10.6 Å². The van der Waals surface area contributed by atoms with Crippen LogP contribution >= 0.6 is 0 Å². The topological polar surface area (TPSA) is 105 Å². The molecule has 7 heteroatoms.